The summed E-state index contributed by atoms with van der Waals surface area (Å²) < 4.78 is 55.2. The van der Waals surface area contributed by atoms with Crippen LogP contribution < -0.4 is 4.18 Å². The lowest BCUT2D eigenvalue weighted by Gasteiger charge is -2.33. The molecule has 0 aliphatic carbocycles. The fraction of sp³-hybridized carbons (Fsp3) is 0.455. The molecule has 1 aliphatic rings. The van der Waals surface area contributed by atoms with Gasteiger partial charge in [-0.25, -0.2) is 4.39 Å². The topological polar surface area (TPSA) is 85.8 Å². The highest BCUT2D eigenvalue weighted by atomic mass is 32.3. The molecule has 0 bridgehead atoms. The molecule has 1 aliphatic heterocycles. The lowest BCUT2D eigenvalue weighted by Crippen LogP contribution is -2.49. The number of pyridine rings is 1. The molecule has 2 rings (SSSR count). The molecule has 0 aromatic carbocycles. The summed E-state index contributed by atoms with van der Waals surface area (Å²) in [6.07, 6.45) is 2.10. The van der Waals surface area contributed by atoms with Crippen molar-refractivity contribution in [3.8, 4) is 5.75 Å². The number of alkyl halides is 1. The van der Waals surface area contributed by atoms with Gasteiger partial charge < -0.3 is 13.8 Å². The van der Waals surface area contributed by atoms with Crippen LogP contribution in [0.2, 0.25) is 0 Å². The largest absolute Gasteiger partial charge is 0.488 e. The maximum atomic E-state index is 12.9. The lowest BCUT2D eigenvalue weighted by atomic mass is 10.2. The number of carbonyl (C=O) groups is 1. The Labute approximate surface area is 119 Å². The van der Waals surface area contributed by atoms with Gasteiger partial charge in [-0.2, -0.15) is 8.42 Å². The molecule has 1 fully saturated rings. The van der Waals surface area contributed by atoms with E-state index >= 15 is 0 Å². The van der Waals surface area contributed by atoms with Gasteiger partial charge >= 0.3 is 10.5 Å². The molecule has 1 saturated heterocycles. The number of halogens is 2. The summed E-state index contributed by atoms with van der Waals surface area (Å²) in [6, 6.07) is 0.303. The van der Waals surface area contributed by atoms with E-state index < -0.39 is 34.9 Å². The third kappa shape index (κ3) is 4.08. The number of amides is 1. The molecule has 116 valence electrons. The maximum absolute atomic E-state index is 12.9. The van der Waals surface area contributed by atoms with Crippen LogP contribution >= 0.6 is 0 Å². The first kappa shape index (κ1) is 15.6. The van der Waals surface area contributed by atoms with E-state index in [2.05, 4.69) is 9.17 Å². The third-order valence-electron chi connectivity index (χ3n) is 2.82. The van der Waals surface area contributed by atoms with E-state index in [0.717, 1.165) is 18.5 Å². The van der Waals surface area contributed by atoms with Gasteiger partial charge in [0.05, 0.1) is 31.0 Å². The van der Waals surface area contributed by atoms with Gasteiger partial charge in [0.2, 0.25) is 0 Å². The van der Waals surface area contributed by atoms with Crippen molar-refractivity contribution in [2.75, 3.05) is 26.4 Å². The van der Waals surface area contributed by atoms with Crippen LogP contribution in [-0.4, -0.2) is 56.7 Å². The Hall–Kier alpha value is -1.81. The van der Waals surface area contributed by atoms with Gasteiger partial charge in [0.15, 0.2) is 5.75 Å². The number of nitrogens with zero attached hydrogens (tertiary/aromatic N) is 2. The summed E-state index contributed by atoms with van der Waals surface area (Å²) in [4.78, 5) is 17.1. The molecule has 1 amide bonds. The molecule has 7 nitrogen and oxygen atoms in total. The van der Waals surface area contributed by atoms with Crippen molar-refractivity contribution < 1.29 is 30.4 Å². The second kappa shape index (κ2) is 6.31. The molecule has 0 spiro atoms. The smallest absolute Gasteiger partial charge is 0.377 e. The Balaban J connectivity index is 2.20. The predicted molar refractivity (Wildman–Crippen MR) is 66.5 cm³/mol. The van der Waals surface area contributed by atoms with Crippen molar-refractivity contribution in [3.63, 3.8) is 0 Å². The summed E-state index contributed by atoms with van der Waals surface area (Å²) >= 11 is 0. The second-order valence-electron chi connectivity index (χ2n) is 4.27. The summed E-state index contributed by atoms with van der Waals surface area (Å²) in [5.74, 6) is -0.997. The fourth-order valence-corrected chi connectivity index (χ4v) is 2.23. The summed E-state index contributed by atoms with van der Waals surface area (Å²) in [5, 5.41) is 0. The molecular weight excluding hydrogens is 310 g/mol. The van der Waals surface area contributed by atoms with E-state index in [-0.39, 0.29) is 25.3 Å². The Morgan fingerprint density at radius 1 is 1.52 bits per heavy atom. The van der Waals surface area contributed by atoms with E-state index in [1.54, 1.807) is 0 Å². The number of hydrogen-bond donors (Lipinski definition) is 0. The average molecular weight is 322 g/mol. The molecule has 10 heteroatoms. The summed E-state index contributed by atoms with van der Waals surface area (Å²) in [5.41, 5.74) is -0.0310. The molecule has 21 heavy (non-hydrogen) atoms. The van der Waals surface area contributed by atoms with Gasteiger partial charge in [-0.1, -0.05) is 3.89 Å². The van der Waals surface area contributed by atoms with E-state index in [9.17, 15) is 21.5 Å². The number of rotatable bonds is 4. The molecular formula is C11H12F2N2O5S. The van der Waals surface area contributed by atoms with Crippen LogP contribution in [0.5, 0.6) is 5.75 Å². The fourth-order valence-electron chi connectivity index (χ4n) is 1.91. The first-order chi connectivity index (χ1) is 9.90. The highest BCUT2D eigenvalue weighted by Gasteiger charge is 2.28. The number of hydrogen-bond acceptors (Lipinski definition) is 6. The molecule has 0 N–H and O–H groups in total. The standard InChI is InChI=1S/C11H12F2N2O5S/c12-4-9-7-19-2-1-15(9)11(16)8-3-10(6-14-5-8)20-21(13,17)18/h3,5-6,9H,1-2,4,7H2. The molecule has 1 unspecified atom stereocenters. The van der Waals surface area contributed by atoms with E-state index in [1.165, 1.54) is 4.90 Å². The predicted octanol–water partition coefficient (Wildman–Crippen LogP) is 0.485. The molecule has 1 aromatic rings. The minimum absolute atomic E-state index is 0.0310. The van der Waals surface area contributed by atoms with Crippen LogP contribution in [0.15, 0.2) is 18.5 Å². The Bertz CT molecular complexity index is 625. The lowest BCUT2D eigenvalue weighted by molar-refractivity contribution is -0.00855. The van der Waals surface area contributed by atoms with Gasteiger partial charge in [0.25, 0.3) is 5.91 Å². The number of ether oxygens (including phenoxy) is 1. The van der Waals surface area contributed by atoms with Crippen LogP contribution in [0.25, 0.3) is 0 Å². The van der Waals surface area contributed by atoms with Gasteiger partial charge in [0.1, 0.15) is 6.67 Å². The Morgan fingerprint density at radius 2 is 2.29 bits per heavy atom. The van der Waals surface area contributed by atoms with Crippen LogP contribution in [0.1, 0.15) is 10.4 Å². The average Bonchev–Trinajstić information content (AvgIpc) is 2.45. The molecule has 1 atom stereocenters. The summed E-state index contributed by atoms with van der Waals surface area (Å²) in [6.45, 7) is -0.233. The quantitative estimate of drug-likeness (QED) is 0.750. The van der Waals surface area contributed by atoms with Gasteiger partial charge in [-0.3, -0.25) is 9.78 Å². The number of carbonyl (C=O) groups excluding carboxylic acids is 1. The Morgan fingerprint density at radius 3 is 2.95 bits per heavy atom. The second-order valence-corrected chi connectivity index (χ2v) is 5.22. The SMILES string of the molecule is O=C(c1cncc(OS(=O)(=O)F)c1)N1CCOCC1CF. The van der Waals surface area contributed by atoms with E-state index in [4.69, 9.17) is 4.74 Å². The normalized spacial score (nSPS) is 19.3. The highest BCUT2D eigenvalue weighted by molar-refractivity contribution is 7.81. The van der Waals surface area contributed by atoms with Gasteiger partial charge in [-0.15, -0.1) is 0 Å². The van der Waals surface area contributed by atoms with E-state index in [0.29, 0.717) is 0 Å². The van der Waals surface area contributed by atoms with Crippen LogP contribution in [0.3, 0.4) is 0 Å². The van der Waals surface area contributed by atoms with Crippen molar-refractivity contribution in [1.29, 1.82) is 0 Å². The zero-order valence-corrected chi connectivity index (χ0v) is 11.6. The van der Waals surface area contributed by atoms with Crippen molar-refractivity contribution in [3.05, 3.63) is 24.0 Å². The first-order valence-electron chi connectivity index (χ1n) is 5.94. The zero-order chi connectivity index (χ0) is 15.5. The van der Waals surface area contributed by atoms with Crippen LogP contribution in [0, 0.1) is 0 Å². The minimum atomic E-state index is -5.20. The molecule has 2 heterocycles. The highest BCUT2D eigenvalue weighted by Crippen LogP contribution is 2.18. The molecule has 0 saturated carbocycles. The monoisotopic (exact) mass is 322 g/mol. The van der Waals surface area contributed by atoms with Gasteiger partial charge in [-0.05, 0) is 6.07 Å². The first-order valence-corrected chi connectivity index (χ1v) is 7.25. The minimum Gasteiger partial charge on any atom is -0.377 e. The summed E-state index contributed by atoms with van der Waals surface area (Å²) in [7, 11) is -5.20. The van der Waals surface area contributed by atoms with E-state index in [1.807, 2.05) is 0 Å². The Kier molecular flexibility index (Phi) is 4.68. The van der Waals surface area contributed by atoms with Crippen molar-refractivity contribution in [2.45, 2.75) is 6.04 Å². The number of aromatic nitrogens is 1. The molecule has 0 radical (unpaired) electrons. The van der Waals surface area contributed by atoms with Crippen LogP contribution in [0.4, 0.5) is 8.28 Å². The zero-order valence-electron chi connectivity index (χ0n) is 10.7. The van der Waals surface area contributed by atoms with Gasteiger partial charge in [0, 0.05) is 12.7 Å². The molecule has 1 aromatic heterocycles. The van der Waals surface area contributed by atoms with Crippen molar-refractivity contribution in [1.82, 2.24) is 9.88 Å². The van der Waals surface area contributed by atoms with Crippen molar-refractivity contribution in [2.24, 2.45) is 0 Å². The van der Waals surface area contributed by atoms with Crippen molar-refractivity contribution >= 4 is 16.4 Å². The maximum Gasteiger partial charge on any atom is 0.488 e. The van der Waals surface area contributed by atoms with Crippen LogP contribution in [-0.2, 0) is 15.2 Å². The number of morpholine rings is 1. The third-order valence-corrected chi connectivity index (χ3v) is 3.21.